The largest absolute Gasteiger partial charge is 0.335 e. The van der Waals surface area contributed by atoms with Gasteiger partial charge in [0.2, 0.25) is 5.91 Å². The second-order valence-corrected chi connectivity index (χ2v) is 7.55. The van der Waals surface area contributed by atoms with Crippen molar-refractivity contribution in [1.82, 2.24) is 24.8 Å². The summed E-state index contributed by atoms with van der Waals surface area (Å²) in [7, 11) is 0. The molecule has 3 heterocycles. The van der Waals surface area contributed by atoms with E-state index < -0.39 is 0 Å². The standard InChI is InChI=1S/C18H25N5OS/c1-14-18(25-13-21-14)11-22-6-3-4-17(5-7-22)23(15(2)24)10-16-8-19-12-20-9-16/h8-9,12-13,17H,3-7,10-11H2,1-2H3. The molecule has 1 fully saturated rings. The molecule has 0 N–H and O–H groups in total. The number of amides is 1. The van der Waals surface area contributed by atoms with Crippen LogP contribution in [0.25, 0.3) is 0 Å². The number of likely N-dealkylation sites (tertiary alicyclic amines) is 1. The second kappa shape index (κ2) is 8.49. The van der Waals surface area contributed by atoms with E-state index in [1.54, 1.807) is 30.7 Å². The minimum absolute atomic E-state index is 0.126. The van der Waals surface area contributed by atoms with Gasteiger partial charge in [-0.15, -0.1) is 11.3 Å². The number of aromatic nitrogens is 3. The summed E-state index contributed by atoms with van der Waals surface area (Å²) in [5, 5.41) is 0. The molecule has 6 nitrogen and oxygen atoms in total. The molecule has 1 amide bonds. The van der Waals surface area contributed by atoms with Crippen molar-refractivity contribution in [3.05, 3.63) is 40.4 Å². The lowest BCUT2D eigenvalue weighted by molar-refractivity contribution is -0.132. The number of aryl methyl sites for hydroxylation is 1. The van der Waals surface area contributed by atoms with Gasteiger partial charge in [-0.3, -0.25) is 9.69 Å². The van der Waals surface area contributed by atoms with Crippen LogP contribution in [0.15, 0.2) is 24.2 Å². The van der Waals surface area contributed by atoms with Crippen molar-refractivity contribution < 1.29 is 4.79 Å². The Hall–Kier alpha value is -1.86. The Kier molecular flexibility index (Phi) is 6.09. The zero-order valence-corrected chi connectivity index (χ0v) is 15.7. The van der Waals surface area contributed by atoms with Crippen LogP contribution in [0.3, 0.4) is 0 Å². The first-order valence-electron chi connectivity index (χ1n) is 8.76. The number of nitrogens with zero attached hydrogens (tertiary/aromatic N) is 5. The third kappa shape index (κ3) is 4.83. The normalized spacial score (nSPS) is 18.7. The van der Waals surface area contributed by atoms with Gasteiger partial charge in [-0.25, -0.2) is 15.0 Å². The molecule has 0 saturated carbocycles. The predicted molar refractivity (Wildman–Crippen MR) is 98.0 cm³/mol. The molecule has 0 bridgehead atoms. The lowest BCUT2D eigenvalue weighted by Crippen LogP contribution is -2.39. The van der Waals surface area contributed by atoms with Gasteiger partial charge in [0.15, 0.2) is 0 Å². The molecule has 25 heavy (non-hydrogen) atoms. The maximum absolute atomic E-state index is 12.2. The first-order valence-corrected chi connectivity index (χ1v) is 9.64. The average Bonchev–Trinajstić information content (AvgIpc) is 2.87. The highest BCUT2D eigenvalue weighted by atomic mass is 32.1. The zero-order chi connectivity index (χ0) is 17.6. The molecule has 0 radical (unpaired) electrons. The first-order chi connectivity index (χ1) is 12.1. The second-order valence-electron chi connectivity index (χ2n) is 6.62. The first kappa shape index (κ1) is 17.9. The summed E-state index contributed by atoms with van der Waals surface area (Å²) in [6, 6.07) is 0.283. The Labute approximate surface area is 152 Å². The Balaban J connectivity index is 1.62. The van der Waals surface area contributed by atoms with E-state index in [0.717, 1.165) is 50.2 Å². The average molecular weight is 359 g/mol. The molecular weight excluding hydrogens is 334 g/mol. The van der Waals surface area contributed by atoms with Crippen LogP contribution in [0, 0.1) is 6.92 Å². The van der Waals surface area contributed by atoms with Crippen LogP contribution in [-0.4, -0.2) is 49.8 Å². The summed E-state index contributed by atoms with van der Waals surface area (Å²) in [4.78, 5) is 30.5. The van der Waals surface area contributed by atoms with Crippen LogP contribution in [-0.2, 0) is 17.9 Å². The van der Waals surface area contributed by atoms with Crippen LogP contribution in [0.2, 0.25) is 0 Å². The van der Waals surface area contributed by atoms with Gasteiger partial charge >= 0.3 is 0 Å². The van der Waals surface area contributed by atoms with E-state index in [1.165, 1.54) is 11.2 Å². The van der Waals surface area contributed by atoms with Crippen molar-refractivity contribution in [2.75, 3.05) is 13.1 Å². The summed E-state index contributed by atoms with van der Waals surface area (Å²) >= 11 is 1.73. The molecule has 134 valence electrons. The van der Waals surface area contributed by atoms with E-state index in [4.69, 9.17) is 0 Å². The Morgan fingerprint density at radius 1 is 1.32 bits per heavy atom. The fourth-order valence-corrected chi connectivity index (χ4v) is 4.21. The highest BCUT2D eigenvalue weighted by molar-refractivity contribution is 7.09. The van der Waals surface area contributed by atoms with E-state index in [2.05, 4.69) is 26.8 Å². The van der Waals surface area contributed by atoms with Crippen LogP contribution in [0.1, 0.15) is 42.3 Å². The molecule has 0 spiro atoms. The minimum atomic E-state index is 0.126. The predicted octanol–water partition coefficient (Wildman–Crippen LogP) is 2.64. The fourth-order valence-electron chi connectivity index (χ4n) is 3.39. The van der Waals surface area contributed by atoms with Gasteiger partial charge in [-0.1, -0.05) is 0 Å². The van der Waals surface area contributed by atoms with E-state index in [0.29, 0.717) is 6.54 Å². The Bertz CT molecular complexity index is 690. The van der Waals surface area contributed by atoms with Crippen LogP contribution in [0.4, 0.5) is 0 Å². The SMILES string of the molecule is CC(=O)N(Cc1cncnc1)C1CCCN(Cc2scnc2C)CC1. The molecule has 1 aliphatic heterocycles. The molecule has 1 atom stereocenters. The molecule has 1 aliphatic rings. The molecule has 2 aromatic heterocycles. The Morgan fingerprint density at radius 2 is 2.12 bits per heavy atom. The van der Waals surface area contributed by atoms with Gasteiger partial charge in [-0.05, 0) is 32.7 Å². The monoisotopic (exact) mass is 359 g/mol. The van der Waals surface area contributed by atoms with Crippen molar-refractivity contribution in [1.29, 1.82) is 0 Å². The van der Waals surface area contributed by atoms with E-state index in [9.17, 15) is 4.79 Å². The molecule has 2 aromatic rings. The fraction of sp³-hybridized carbons (Fsp3) is 0.556. The highest BCUT2D eigenvalue weighted by Crippen LogP contribution is 2.22. The third-order valence-corrected chi connectivity index (χ3v) is 5.73. The summed E-state index contributed by atoms with van der Waals surface area (Å²) in [5.74, 6) is 0.126. The number of hydrogen-bond acceptors (Lipinski definition) is 6. The van der Waals surface area contributed by atoms with Gasteiger partial charge in [0, 0.05) is 55.4 Å². The summed E-state index contributed by atoms with van der Waals surface area (Å²) in [6.45, 7) is 7.38. The van der Waals surface area contributed by atoms with E-state index in [-0.39, 0.29) is 11.9 Å². The van der Waals surface area contributed by atoms with Crippen molar-refractivity contribution in [2.45, 2.75) is 52.2 Å². The molecular formula is C18H25N5OS. The van der Waals surface area contributed by atoms with E-state index in [1.807, 2.05) is 10.4 Å². The molecule has 1 unspecified atom stereocenters. The van der Waals surface area contributed by atoms with Gasteiger partial charge < -0.3 is 4.90 Å². The van der Waals surface area contributed by atoms with E-state index >= 15 is 0 Å². The summed E-state index contributed by atoms with van der Waals surface area (Å²) in [5.41, 5.74) is 4.05. The van der Waals surface area contributed by atoms with Gasteiger partial charge in [0.25, 0.3) is 0 Å². The molecule has 7 heteroatoms. The van der Waals surface area contributed by atoms with Gasteiger partial charge in [0.1, 0.15) is 6.33 Å². The number of thiazole rings is 1. The highest BCUT2D eigenvalue weighted by Gasteiger charge is 2.25. The number of carbonyl (C=O) groups excluding carboxylic acids is 1. The van der Waals surface area contributed by atoms with Crippen molar-refractivity contribution in [2.24, 2.45) is 0 Å². The number of rotatable bonds is 5. The third-order valence-electron chi connectivity index (χ3n) is 4.81. The van der Waals surface area contributed by atoms with Crippen molar-refractivity contribution in [3.8, 4) is 0 Å². The summed E-state index contributed by atoms with van der Waals surface area (Å²) in [6.07, 6.45) is 8.26. The molecule has 1 saturated heterocycles. The van der Waals surface area contributed by atoms with Gasteiger partial charge in [-0.2, -0.15) is 0 Å². The Morgan fingerprint density at radius 3 is 2.80 bits per heavy atom. The quantitative estimate of drug-likeness (QED) is 0.821. The van der Waals surface area contributed by atoms with Crippen molar-refractivity contribution in [3.63, 3.8) is 0 Å². The number of hydrogen-bond donors (Lipinski definition) is 0. The van der Waals surface area contributed by atoms with Crippen LogP contribution < -0.4 is 0 Å². The van der Waals surface area contributed by atoms with Crippen molar-refractivity contribution >= 4 is 17.2 Å². The lowest BCUT2D eigenvalue weighted by atomic mass is 10.1. The zero-order valence-electron chi connectivity index (χ0n) is 14.9. The topological polar surface area (TPSA) is 62.2 Å². The maximum atomic E-state index is 12.2. The molecule has 0 aromatic carbocycles. The minimum Gasteiger partial charge on any atom is -0.335 e. The smallest absolute Gasteiger partial charge is 0.219 e. The van der Waals surface area contributed by atoms with Gasteiger partial charge in [0.05, 0.1) is 11.2 Å². The maximum Gasteiger partial charge on any atom is 0.219 e. The molecule has 3 rings (SSSR count). The van der Waals surface area contributed by atoms with Crippen LogP contribution >= 0.6 is 11.3 Å². The van der Waals surface area contributed by atoms with Crippen LogP contribution in [0.5, 0.6) is 0 Å². The number of carbonyl (C=O) groups is 1. The molecule has 0 aliphatic carbocycles. The summed E-state index contributed by atoms with van der Waals surface area (Å²) < 4.78 is 0. The lowest BCUT2D eigenvalue weighted by Gasteiger charge is -2.30.